The molecule has 0 aromatic rings. The van der Waals surface area contributed by atoms with Gasteiger partial charge in [0.05, 0.1) is 0 Å². The second kappa shape index (κ2) is 4.95. The van der Waals surface area contributed by atoms with Gasteiger partial charge in [0.15, 0.2) is 0 Å². The van der Waals surface area contributed by atoms with E-state index in [1.807, 2.05) is 0 Å². The Morgan fingerprint density at radius 3 is 2.76 bits per heavy atom. The Kier molecular flexibility index (Phi) is 3.30. The molecule has 4 aliphatic rings. The largest absolute Gasteiger partial charge is 0.356 e. The summed E-state index contributed by atoms with van der Waals surface area (Å²) in [6.07, 6.45) is 9.89. The van der Waals surface area contributed by atoms with Crippen molar-refractivity contribution in [2.24, 2.45) is 5.41 Å². The first-order valence-electron chi connectivity index (χ1n) is 8.91. The molecule has 1 amide bonds. The van der Waals surface area contributed by atoms with Gasteiger partial charge in [-0.2, -0.15) is 0 Å². The summed E-state index contributed by atoms with van der Waals surface area (Å²) in [6, 6.07) is 1.54. The predicted molar refractivity (Wildman–Crippen MR) is 83.1 cm³/mol. The van der Waals surface area contributed by atoms with E-state index in [-0.39, 0.29) is 5.91 Å². The number of piperidine rings is 2. The third-order valence-electron chi connectivity index (χ3n) is 6.91. The van der Waals surface area contributed by atoms with Crippen LogP contribution in [0.25, 0.3) is 0 Å². The lowest BCUT2D eigenvalue weighted by atomic mass is 9.76. The van der Waals surface area contributed by atoms with Crippen LogP contribution in [0.3, 0.4) is 0 Å². The van der Waals surface area contributed by atoms with E-state index in [4.69, 9.17) is 0 Å². The highest BCUT2D eigenvalue weighted by molar-refractivity contribution is 5.79. The highest BCUT2D eigenvalue weighted by Gasteiger charge is 2.47. The van der Waals surface area contributed by atoms with Crippen LogP contribution in [0.1, 0.15) is 58.3 Å². The van der Waals surface area contributed by atoms with E-state index in [1.54, 1.807) is 0 Å². The van der Waals surface area contributed by atoms with Crippen LogP contribution < -0.4 is 10.6 Å². The van der Waals surface area contributed by atoms with Crippen molar-refractivity contribution in [3.63, 3.8) is 0 Å². The summed E-state index contributed by atoms with van der Waals surface area (Å²) in [4.78, 5) is 14.3. The average molecular weight is 291 g/mol. The number of rotatable bonds is 2. The maximum atomic E-state index is 11.5. The number of hydrogen-bond acceptors (Lipinski definition) is 3. The molecule has 0 aromatic heterocycles. The van der Waals surface area contributed by atoms with E-state index in [2.05, 4.69) is 22.5 Å². The molecule has 2 N–H and O–H groups in total. The summed E-state index contributed by atoms with van der Waals surface area (Å²) in [6.45, 7) is 5.67. The van der Waals surface area contributed by atoms with Crippen molar-refractivity contribution in [3.8, 4) is 0 Å². The van der Waals surface area contributed by atoms with Crippen molar-refractivity contribution < 1.29 is 4.79 Å². The molecule has 3 atom stereocenters. The molecule has 1 spiro atoms. The Morgan fingerprint density at radius 1 is 1.29 bits per heavy atom. The maximum Gasteiger partial charge on any atom is 0.220 e. The molecular weight excluding hydrogens is 262 g/mol. The van der Waals surface area contributed by atoms with Gasteiger partial charge in [-0.1, -0.05) is 6.92 Å². The van der Waals surface area contributed by atoms with E-state index in [9.17, 15) is 4.79 Å². The second-order valence-corrected chi connectivity index (χ2v) is 8.10. The molecule has 21 heavy (non-hydrogen) atoms. The van der Waals surface area contributed by atoms with Gasteiger partial charge in [-0.25, -0.2) is 0 Å². The minimum absolute atomic E-state index is 0.272. The summed E-state index contributed by atoms with van der Waals surface area (Å²) in [5.41, 5.74) is 0.732. The molecular formula is C17H29N3O. The molecule has 2 bridgehead atoms. The van der Waals surface area contributed by atoms with Crippen LogP contribution in [0.15, 0.2) is 0 Å². The van der Waals surface area contributed by atoms with Crippen LogP contribution >= 0.6 is 0 Å². The number of nitrogens with zero attached hydrogens (tertiary/aromatic N) is 1. The monoisotopic (exact) mass is 291 g/mol. The Balaban J connectivity index is 1.39. The normalized spacial score (nSPS) is 42.4. The highest BCUT2D eigenvalue weighted by atomic mass is 16.1. The van der Waals surface area contributed by atoms with E-state index in [0.717, 1.165) is 25.0 Å². The number of hydrogen-bond donors (Lipinski definition) is 2. The molecule has 4 saturated heterocycles. The smallest absolute Gasteiger partial charge is 0.220 e. The SMILES string of the molecule is CCC12CCC(CC(N3CCC4(CC3)CNC(=O)C4)C1)N2. The molecule has 4 rings (SSSR count). The van der Waals surface area contributed by atoms with Gasteiger partial charge in [0, 0.05) is 30.6 Å². The van der Waals surface area contributed by atoms with Gasteiger partial charge in [-0.3, -0.25) is 4.79 Å². The van der Waals surface area contributed by atoms with Crippen molar-refractivity contribution >= 4 is 5.91 Å². The first-order valence-corrected chi connectivity index (χ1v) is 8.91. The molecule has 3 unspecified atom stereocenters. The number of likely N-dealkylation sites (tertiary alicyclic amines) is 1. The van der Waals surface area contributed by atoms with Crippen LogP contribution in [0.4, 0.5) is 0 Å². The van der Waals surface area contributed by atoms with E-state index in [1.165, 1.54) is 58.0 Å². The zero-order valence-corrected chi connectivity index (χ0v) is 13.3. The number of carbonyl (C=O) groups excluding carboxylic acids is 1. The topological polar surface area (TPSA) is 44.4 Å². The first-order chi connectivity index (χ1) is 10.1. The maximum absolute atomic E-state index is 11.5. The van der Waals surface area contributed by atoms with Gasteiger partial charge in [0.25, 0.3) is 0 Å². The molecule has 0 aliphatic carbocycles. The van der Waals surface area contributed by atoms with Crippen molar-refractivity contribution in [2.45, 2.75) is 75.9 Å². The van der Waals surface area contributed by atoms with Crippen LogP contribution in [0, 0.1) is 5.41 Å². The molecule has 0 aromatic carbocycles. The number of amides is 1. The lowest BCUT2D eigenvalue weighted by Crippen LogP contribution is -2.57. The van der Waals surface area contributed by atoms with Crippen molar-refractivity contribution in [1.29, 1.82) is 0 Å². The summed E-state index contributed by atoms with van der Waals surface area (Å²) in [5.74, 6) is 0.272. The summed E-state index contributed by atoms with van der Waals surface area (Å²) in [7, 11) is 0. The lowest BCUT2D eigenvalue weighted by molar-refractivity contribution is -0.119. The van der Waals surface area contributed by atoms with Gasteiger partial charge in [-0.05, 0) is 63.5 Å². The van der Waals surface area contributed by atoms with Gasteiger partial charge in [0.1, 0.15) is 0 Å². The zero-order valence-electron chi connectivity index (χ0n) is 13.3. The zero-order chi connectivity index (χ0) is 14.5. The summed E-state index contributed by atoms with van der Waals surface area (Å²) in [5, 5.41) is 6.94. The molecule has 4 aliphatic heterocycles. The van der Waals surface area contributed by atoms with Crippen LogP contribution in [0.5, 0.6) is 0 Å². The van der Waals surface area contributed by atoms with E-state index in [0.29, 0.717) is 11.0 Å². The molecule has 4 fully saturated rings. The van der Waals surface area contributed by atoms with Gasteiger partial charge in [-0.15, -0.1) is 0 Å². The summed E-state index contributed by atoms with van der Waals surface area (Å²) < 4.78 is 0. The fraction of sp³-hybridized carbons (Fsp3) is 0.941. The third kappa shape index (κ3) is 2.40. The molecule has 4 heterocycles. The Morgan fingerprint density at radius 2 is 2.10 bits per heavy atom. The Bertz CT molecular complexity index is 430. The fourth-order valence-electron chi connectivity index (χ4n) is 5.40. The molecule has 0 saturated carbocycles. The molecule has 4 nitrogen and oxygen atoms in total. The molecule has 0 radical (unpaired) electrons. The minimum atomic E-state index is 0.272. The average Bonchev–Trinajstić information content (AvgIpc) is 3.01. The lowest BCUT2D eigenvalue weighted by Gasteiger charge is -2.47. The van der Waals surface area contributed by atoms with E-state index < -0.39 is 0 Å². The Labute approximate surface area is 128 Å². The predicted octanol–water partition coefficient (Wildman–Crippen LogP) is 1.65. The third-order valence-corrected chi connectivity index (χ3v) is 6.91. The minimum Gasteiger partial charge on any atom is -0.356 e. The van der Waals surface area contributed by atoms with Crippen LogP contribution in [0.2, 0.25) is 0 Å². The van der Waals surface area contributed by atoms with Crippen molar-refractivity contribution in [1.82, 2.24) is 15.5 Å². The highest BCUT2D eigenvalue weighted by Crippen LogP contribution is 2.43. The molecule has 118 valence electrons. The number of fused-ring (bicyclic) bond motifs is 2. The van der Waals surface area contributed by atoms with Gasteiger partial charge in [0.2, 0.25) is 5.91 Å². The first kappa shape index (κ1) is 14.0. The fourth-order valence-corrected chi connectivity index (χ4v) is 5.40. The Hall–Kier alpha value is -0.610. The standard InChI is InChI=1S/C17H29N3O/c1-2-17-4-3-13(19-17)9-14(10-17)20-7-5-16(6-8-20)11-15(21)18-12-16/h13-14,19H,2-12H2,1H3,(H,18,21). The quantitative estimate of drug-likeness (QED) is 0.813. The van der Waals surface area contributed by atoms with Gasteiger partial charge < -0.3 is 15.5 Å². The second-order valence-electron chi connectivity index (χ2n) is 8.10. The summed E-state index contributed by atoms with van der Waals surface area (Å²) >= 11 is 0. The number of nitrogens with one attached hydrogen (secondary N) is 2. The van der Waals surface area contributed by atoms with Crippen molar-refractivity contribution in [2.75, 3.05) is 19.6 Å². The van der Waals surface area contributed by atoms with E-state index >= 15 is 0 Å². The van der Waals surface area contributed by atoms with Crippen molar-refractivity contribution in [3.05, 3.63) is 0 Å². The van der Waals surface area contributed by atoms with Crippen LogP contribution in [-0.2, 0) is 4.79 Å². The number of carbonyl (C=O) groups is 1. The molecule has 4 heteroatoms. The van der Waals surface area contributed by atoms with Crippen LogP contribution in [-0.4, -0.2) is 48.1 Å². The van der Waals surface area contributed by atoms with Gasteiger partial charge >= 0.3 is 0 Å².